The predicted molar refractivity (Wildman–Crippen MR) is 66.6 cm³/mol. The molecule has 5 heteroatoms. The molecule has 0 aromatic heterocycles. The Labute approximate surface area is 101 Å². The van der Waals surface area contributed by atoms with Gasteiger partial charge in [0.15, 0.2) is 0 Å². The molecule has 0 bridgehead atoms. The monoisotopic (exact) mass is 241 g/mol. The van der Waals surface area contributed by atoms with Crippen LogP contribution in [0.1, 0.15) is 5.56 Å². The van der Waals surface area contributed by atoms with E-state index in [1.807, 2.05) is 0 Å². The summed E-state index contributed by atoms with van der Waals surface area (Å²) in [6.45, 7) is 1.83. The number of hydrogen-bond acceptors (Lipinski definition) is 4. The first-order valence-corrected chi connectivity index (χ1v) is 5.66. The summed E-state index contributed by atoms with van der Waals surface area (Å²) in [5, 5.41) is 3.17. The van der Waals surface area contributed by atoms with E-state index in [9.17, 15) is 4.39 Å². The molecule has 0 saturated carbocycles. The third kappa shape index (κ3) is 4.68. The van der Waals surface area contributed by atoms with Gasteiger partial charge in [0.1, 0.15) is 11.6 Å². The Morgan fingerprint density at radius 3 is 2.88 bits per heavy atom. The van der Waals surface area contributed by atoms with Gasteiger partial charge in [-0.1, -0.05) is 0 Å². The zero-order valence-corrected chi connectivity index (χ0v) is 10.1. The van der Waals surface area contributed by atoms with Crippen molar-refractivity contribution < 1.29 is 9.13 Å². The summed E-state index contributed by atoms with van der Waals surface area (Å²) in [6, 6.07) is 4.48. The molecule has 1 aromatic rings. The maximum atomic E-state index is 13.1. The number of ether oxygens (including phenoxy) is 1. The van der Waals surface area contributed by atoms with Crippen molar-refractivity contribution in [2.24, 2.45) is 11.5 Å². The van der Waals surface area contributed by atoms with Crippen molar-refractivity contribution in [3.63, 3.8) is 0 Å². The summed E-state index contributed by atoms with van der Waals surface area (Å²) in [4.78, 5) is 0. The molecule has 17 heavy (non-hydrogen) atoms. The number of nitrogens with two attached hydrogens (primary N) is 2. The van der Waals surface area contributed by atoms with Gasteiger partial charge in [0, 0.05) is 19.1 Å². The van der Waals surface area contributed by atoms with Crippen molar-refractivity contribution in [2.75, 3.05) is 26.7 Å². The normalized spacial score (nSPS) is 12.5. The second-order valence-corrected chi connectivity index (χ2v) is 3.91. The minimum atomic E-state index is -0.251. The molecular weight excluding hydrogens is 221 g/mol. The fraction of sp³-hybridized carbons (Fsp3) is 0.500. The highest BCUT2D eigenvalue weighted by Gasteiger charge is 2.04. The average molecular weight is 241 g/mol. The zero-order valence-electron chi connectivity index (χ0n) is 10.1. The molecule has 0 aliphatic heterocycles. The van der Waals surface area contributed by atoms with Crippen LogP contribution >= 0.6 is 0 Å². The highest BCUT2D eigenvalue weighted by Crippen LogP contribution is 2.19. The number of benzene rings is 1. The highest BCUT2D eigenvalue weighted by molar-refractivity contribution is 5.34. The number of halogens is 1. The Kier molecular flexibility index (Phi) is 5.90. The fourth-order valence-corrected chi connectivity index (χ4v) is 1.54. The number of methoxy groups -OCH3 is 1. The van der Waals surface area contributed by atoms with Crippen LogP contribution in [0.15, 0.2) is 18.2 Å². The molecule has 0 spiro atoms. The molecule has 5 N–H and O–H groups in total. The second kappa shape index (κ2) is 7.21. The SMILES string of the molecule is COc1ccc(F)cc1CCNCC(N)CN. The summed E-state index contributed by atoms with van der Waals surface area (Å²) < 4.78 is 18.2. The molecule has 1 atom stereocenters. The molecule has 4 nitrogen and oxygen atoms in total. The largest absolute Gasteiger partial charge is 0.496 e. The van der Waals surface area contributed by atoms with Gasteiger partial charge >= 0.3 is 0 Å². The minimum absolute atomic E-state index is 0.0376. The van der Waals surface area contributed by atoms with Crippen molar-refractivity contribution in [1.29, 1.82) is 0 Å². The molecular formula is C12H20FN3O. The van der Waals surface area contributed by atoms with E-state index in [0.717, 1.165) is 5.56 Å². The van der Waals surface area contributed by atoms with Crippen LogP contribution in [-0.4, -0.2) is 32.8 Å². The molecule has 0 radical (unpaired) electrons. The third-order valence-corrected chi connectivity index (χ3v) is 2.52. The van der Waals surface area contributed by atoms with Gasteiger partial charge in [0.05, 0.1) is 7.11 Å². The Balaban J connectivity index is 2.42. The maximum Gasteiger partial charge on any atom is 0.123 e. The summed E-state index contributed by atoms with van der Waals surface area (Å²) in [5.74, 6) is 0.454. The van der Waals surface area contributed by atoms with E-state index in [1.54, 1.807) is 13.2 Å². The molecule has 96 valence electrons. The first kappa shape index (κ1) is 13.9. The average Bonchev–Trinajstić information content (AvgIpc) is 2.34. The molecule has 1 rings (SSSR count). The quantitative estimate of drug-likeness (QED) is 0.598. The van der Waals surface area contributed by atoms with E-state index >= 15 is 0 Å². The summed E-state index contributed by atoms with van der Waals surface area (Å²) in [5.41, 5.74) is 11.9. The van der Waals surface area contributed by atoms with Crippen LogP contribution in [0.2, 0.25) is 0 Å². The molecule has 0 aliphatic rings. The lowest BCUT2D eigenvalue weighted by atomic mass is 10.1. The molecule has 0 saturated heterocycles. The van der Waals surface area contributed by atoms with Gasteiger partial charge in [-0.3, -0.25) is 0 Å². The molecule has 1 unspecified atom stereocenters. The van der Waals surface area contributed by atoms with Crippen LogP contribution in [0, 0.1) is 5.82 Å². The van der Waals surface area contributed by atoms with Gasteiger partial charge in [-0.25, -0.2) is 4.39 Å². The molecule has 0 heterocycles. The topological polar surface area (TPSA) is 73.3 Å². The third-order valence-electron chi connectivity index (χ3n) is 2.52. The van der Waals surface area contributed by atoms with Crippen molar-refractivity contribution >= 4 is 0 Å². The number of nitrogens with one attached hydrogen (secondary N) is 1. The lowest BCUT2D eigenvalue weighted by molar-refractivity contribution is 0.407. The Hall–Kier alpha value is -1.17. The van der Waals surface area contributed by atoms with Gasteiger partial charge in [0.25, 0.3) is 0 Å². The van der Waals surface area contributed by atoms with E-state index in [0.29, 0.717) is 31.8 Å². The number of hydrogen-bond donors (Lipinski definition) is 3. The highest BCUT2D eigenvalue weighted by atomic mass is 19.1. The summed E-state index contributed by atoms with van der Waals surface area (Å²) >= 11 is 0. The van der Waals surface area contributed by atoms with Crippen LogP contribution in [0.25, 0.3) is 0 Å². The van der Waals surface area contributed by atoms with Gasteiger partial charge in [0.2, 0.25) is 0 Å². The van der Waals surface area contributed by atoms with Crippen LogP contribution < -0.4 is 21.5 Å². The van der Waals surface area contributed by atoms with E-state index in [4.69, 9.17) is 16.2 Å². The molecule has 0 aliphatic carbocycles. The standard InChI is InChI=1S/C12H20FN3O/c1-17-12-3-2-10(13)6-9(12)4-5-16-8-11(15)7-14/h2-3,6,11,16H,4-5,7-8,14-15H2,1H3. The van der Waals surface area contributed by atoms with E-state index in [1.165, 1.54) is 12.1 Å². The van der Waals surface area contributed by atoms with Crippen LogP contribution in [-0.2, 0) is 6.42 Å². The Morgan fingerprint density at radius 2 is 2.24 bits per heavy atom. The first-order valence-electron chi connectivity index (χ1n) is 5.66. The molecule has 0 fully saturated rings. The van der Waals surface area contributed by atoms with Crippen LogP contribution in [0.5, 0.6) is 5.75 Å². The second-order valence-electron chi connectivity index (χ2n) is 3.91. The first-order chi connectivity index (χ1) is 8.17. The van der Waals surface area contributed by atoms with Crippen molar-refractivity contribution in [3.05, 3.63) is 29.6 Å². The van der Waals surface area contributed by atoms with Gasteiger partial charge in [-0.05, 0) is 36.7 Å². The van der Waals surface area contributed by atoms with Crippen molar-refractivity contribution in [1.82, 2.24) is 5.32 Å². The lowest BCUT2D eigenvalue weighted by Gasteiger charge is -2.11. The smallest absolute Gasteiger partial charge is 0.123 e. The fourth-order valence-electron chi connectivity index (χ4n) is 1.54. The van der Waals surface area contributed by atoms with Gasteiger partial charge in [-0.2, -0.15) is 0 Å². The van der Waals surface area contributed by atoms with E-state index in [2.05, 4.69) is 5.32 Å². The summed E-state index contributed by atoms with van der Waals surface area (Å²) in [6.07, 6.45) is 0.693. The summed E-state index contributed by atoms with van der Waals surface area (Å²) in [7, 11) is 1.58. The predicted octanol–water partition coefficient (Wildman–Crippen LogP) is 0.252. The van der Waals surface area contributed by atoms with Crippen LogP contribution in [0.4, 0.5) is 4.39 Å². The van der Waals surface area contributed by atoms with E-state index in [-0.39, 0.29) is 11.9 Å². The number of rotatable bonds is 7. The van der Waals surface area contributed by atoms with Crippen molar-refractivity contribution in [2.45, 2.75) is 12.5 Å². The van der Waals surface area contributed by atoms with Crippen molar-refractivity contribution in [3.8, 4) is 5.75 Å². The maximum absolute atomic E-state index is 13.1. The van der Waals surface area contributed by atoms with E-state index < -0.39 is 0 Å². The van der Waals surface area contributed by atoms with Gasteiger partial charge in [-0.15, -0.1) is 0 Å². The molecule has 0 amide bonds. The van der Waals surface area contributed by atoms with Crippen LogP contribution in [0.3, 0.4) is 0 Å². The minimum Gasteiger partial charge on any atom is -0.496 e. The van der Waals surface area contributed by atoms with Gasteiger partial charge < -0.3 is 21.5 Å². The molecule has 1 aromatic carbocycles. The lowest BCUT2D eigenvalue weighted by Crippen LogP contribution is -2.40. The zero-order chi connectivity index (χ0) is 12.7. The Bertz CT molecular complexity index is 347. The Morgan fingerprint density at radius 1 is 1.47 bits per heavy atom.